The van der Waals surface area contributed by atoms with Gasteiger partial charge in [0, 0.05) is 26.2 Å². The van der Waals surface area contributed by atoms with E-state index in [-0.39, 0.29) is 0 Å². The summed E-state index contributed by atoms with van der Waals surface area (Å²) in [5.74, 6) is 0.894. The molecule has 2 fully saturated rings. The predicted octanol–water partition coefficient (Wildman–Crippen LogP) is 0.317. The summed E-state index contributed by atoms with van der Waals surface area (Å²) < 4.78 is 5.67. The molecule has 0 aromatic rings. The zero-order chi connectivity index (χ0) is 9.10. The summed E-state index contributed by atoms with van der Waals surface area (Å²) in [4.78, 5) is 2.51. The number of hydrogen-bond donors (Lipinski definition) is 1. The summed E-state index contributed by atoms with van der Waals surface area (Å²) in [5.41, 5.74) is 0. The summed E-state index contributed by atoms with van der Waals surface area (Å²) in [6.45, 7) is 9.02. The minimum Gasteiger partial charge on any atom is -0.374 e. The van der Waals surface area contributed by atoms with E-state index in [4.69, 9.17) is 4.74 Å². The van der Waals surface area contributed by atoms with Gasteiger partial charge in [-0.05, 0) is 18.9 Å². The van der Waals surface area contributed by atoms with Crippen LogP contribution in [0.25, 0.3) is 0 Å². The van der Waals surface area contributed by atoms with Crippen molar-refractivity contribution in [2.45, 2.75) is 19.4 Å². The van der Waals surface area contributed by atoms with E-state index in [1.807, 2.05) is 0 Å². The van der Waals surface area contributed by atoms with Gasteiger partial charge in [-0.15, -0.1) is 0 Å². The average Bonchev–Trinajstić information content (AvgIpc) is 2.42. The van der Waals surface area contributed by atoms with Crippen molar-refractivity contribution in [2.75, 3.05) is 39.3 Å². The number of likely N-dealkylation sites (tertiary alicyclic amines) is 1. The SMILES string of the molecule is CC1CCN(CCOC2CNC2)C1. The van der Waals surface area contributed by atoms with E-state index in [0.29, 0.717) is 6.10 Å². The van der Waals surface area contributed by atoms with Crippen LogP contribution in [0.15, 0.2) is 0 Å². The Morgan fingerprint density at radius 2 is 2.31 bits per heavy atom. The zero-order valence-electron chi connectivity index (χ0n) is 8.46. The van der Waals surface area contributed by atoms with Crippen molar-refractivity contribution in [1.82, 2.24) is 10.2 Å². The molecule has 3 nitrogen and oxygen atoms in total. The van der Waals surface area contributed by atoms with Crippen LogP contribution in [0.4, 0.5) is 0 Å². The van der Waals surface area contributed by atoms with Gasteiger partial charge < -0.3 is 15.0 Å². The van der Waals surface area contributed by atoms with Crippen LogP contribution in [0.5, 0.6) is 0 Å². The molecule has 0 amide bonds. The molecule has 2 saturated heterocycles. The van der Waals surface area contributed by atoms with E-state index in [1.165, 1.54) is 19.5 Å². The molecule has 0 bridgehead atoms. The highest BCUT2D eigenvalue weighted by molar-refractivity contribution is 4.76. The van der Waals surface area contributed by atoms with Crippen molar-refractivity contribution in [3.05, 3.63) is 0 Å². The largest absolute Gasteiger partial charge is 0.374 e. The molecule has 0 spiro atoms. The molecule has 2 aliphatic heterocycles. The number of nitrogens with one attached hydrogen (secondary N) is 1. The topological polar surface area (TPSA) is 24.5 Å². The Bertz CT molecular complexity index is 159. The first-order chi connectivity index (χ1) is 6.34. The second-order valence-electron chi connectivity index (χ2n) is 4.35. The highest BCUT2D eigenvalue weighted by Crippen LogP contribution is 2.14. The van der Waals surface area contributed by atoms with Crippen LogP contribution >= 0.6 is 0 Å². The Morgan fingerprint density at radius 3 is 2.85 bits per heavy atom. The van der Waals surface area contributed by atoms with Gasteiger partial charge in [0.2, 0.25) is 0 Å². The van der Waals surface area contributed by atoms with Crippen molar-refractivity contribution in [2.24, 2.45) is 5.92 Å². The van der Waals surface area contributed by atoms with E-state index < -0.39 is 0 Å². The molecule has 1 N–H and O–H groups in total. The highest BCUT2D eigenvalue weighted by Gasteiger charge is 2.20. The summed E-state index contributed by atoms with van der Waals surface area (Å²) in [5, 5.41) is 3.21. The molecular weight excluding hydrogens is 164 g/mol. The van der Waals surface area contributed by atoms with Gasteiger partial charge >= 0.3 is 0 Å². The molecule has 0 aromatic heterocycles. The van der Waals surface area contributed by atoms with Crippen molar-refractivity contribution in [3.63, 3.8) is 0 Å². The van der Waals surface area contributed by atoms with Crippen LogP contribution in [-0.2, 0) is 4.74 Å². The van der Waals surface area contributed by atoms with Crippen LogP contribution in [0.1, 0.15) is 13.3 Å². The van der Waals surface area contributed by atoms with Crippen molar-refractivity contribution in [1.29, 1.82) is 0 Å². The second kappa shape index (κ2) is 4.40. The fourth-order valence-electron chi connectivity index (χ4n) is 1.96. The molecule has 0 saturated carbocycles. The second-order valence-corrected chi connectivity index (χ2v) is 4.35. The number of rotatable bonds is 4. The molecule has 0 radical (unpaired) electrons. The molecule has 1 unspecified atom stereocenters. The van der Waals surface area contributed by atoms with Gasteiger partial charge in [0.25, 0.3) is 0 Å². The Morgan fingerprint density at radius 1 is 1.46 bits per heavy atom. The maximum Gasteiger partial charge on any atom is 0.0824 e. The number of nitrogens with zero attached hydrogens (tertiary/aromatic N) is 1. The first-order valence-electron chi connectivity index (χ1n) is 5.39. The molecule has 3 heteroatoms. The third kappa shape index (κ3) is 2.66. The van der Waals surface area contributed by atoms with Crippen molar-refractivity contribution < 1.29 is 4.74 Å². The molecule has 76 valence electrons. The lowest BCUT2D eigenvalue weighted by molar-refractivity contribution is 0.00981. The highest BCUT2D eigenvalue weighted by atomic mass is 16.5. The molecule has 0 aromatic carbocycles. The van der Waals surface area contributed by atoms with Crippen LogP contribution in [-0.4, -0.2) is 50.3 Å². The lowest BCUT2D eigenvalue weighted by atomic mass is 10.2. The third-order valence-electron chi connectivity index (χ3n) is 3.01. The number of ether oxygens (including phenoxy) is 1. The van der Waals surface area contributed by atoms with Gasteiger partial charge in [-0.2, -0.15) is 0 Å². The summed E-state index contributed by atoms with van der Waals surface area (Å²) in [6.07, 6.45) is 1.87. The lowest BCUT2D eigenvalue weighted by Gasteiger charge is -2.28. The van der Waals surface area contributed by atoms with E-state index >= 15 is 0 Å². The van der Waals surface area contributed by atoms with Gasteiger partial charge in [-0.25, -0.2) is 0 Å². The van der Waals surface area contributed by atoms with Crippen LogP contribution in [0.2, 0.25) is 0 Å². The Labute approximate surface area is 80.4 Å². The van der Waals surface area contributed by atoms with Gasteiger partial charge in [-0.3, -0.25) is 0 Å². The van der Waals surface area contributed by atoms with Crippen molar-refractivity contribution >= 4 is 0 Å². The van der Waals surface area contributed by atoms with Gasteiger partial charge in [0.1, 0.15) is 0 Å². The fraction of sp³-hybridized carbons (Fsp3) is 1.00. The minimum atomic E-state index is 0.500. The number of hydrogen-bond acceptors (Lipinski definition) is 3. The zero-order valence-corrected chi connectivity index (χ0v) is 8.46. The maximum atomic E-state index is 5.67. The summed E-state index contributed by atoms with van der Waals surface area (Å²) >= 11 is 0. The van der Waals surface area contributed by atoms with Crippen LogP contribution in [0, 0.1) is 5.92 Å². The predicted molar refractivity (Wildman–Crippen MR) is 52.8 cm³/mol. The molecule has 2 aliphatic rings. The van der Waals surface area contributed by atoms with Gasteiger partial charge in [0.05, 0.1) is 12.7 Å². The minimum absolute atomic E-state index is 0.500. The smallest absolute Gasteiger partial charge is 0.0824 e. The quantitative estimate of drug-likeness (QED) is 0.681. The van der Waals surface area contributed by atoms with E-state index in [1.54, 1.807) is 0 Å². The maximum absolute atomic E-state index is 5.67. The average molecular weight is 184 g/mol. The molecule has 2 heterocycles. The molecule has 2 rings (SSSR count). The molecule has 13 heavy (non-hydrogen) atoms. The Balaban J connectivity index is 1.52. The molecule has 0 aliphatic carbocycles. The molecule has 1 atom stereocenters. The Hall–Kier alpha value is -0.120. The monoisotopic (exact) mass is 184 g/mol. The molecular formula is C10H20N2O. The van der Waals surface area contributed by atoms with Crippen LogP contribution in [0.3, 0.4) is 0 Å². The van der Waals surface area contributed by atoms with Crippen LogP contribution < -0.4 is 5.32 Å². The standard InChI is InChI=1S/C10H20N2O/c1-9-2-3-12(8-9)4-5-13-10-6-11-7-10/h9-11H,2-8H2,1H3. The summed E-state index contributed by atoms with van der Waals surface area (Å²) in [7, 11) is 0. The van der Waals surface area contributed by atoms with E-state index in [0.717, 1.165) is 32.2 Å². The normalized spacial score (nSPS) is 30.7. The first kappa shape index (κ1) is 9.44. The Kier molecular flexibility index (Phi) is 3.19. The van der Waals surface area contributed by atoms with Gasteiger partial charge in [-0.1, -0.05) is 6.92 Å². The van der Waals surface area contributed by atoms with Gasteiger partial charge in [0.15, 0.2) is 0 Å². The van der Waals surface area contributed by atoms with Crippen molar-refractivity contribution in [3.8, 4) is 0 Å². The van der Waals surface area contributed by atoms with E-state index in [9.17, 15) is 0 Å². The first-order valence-corrected chi connectivity index (χ1v) is 5.39. The third-order valence-corrected chi connectivity index (χ3v) is 3.01. The summed E-state index contributed by atoms with van der Waals surface area (Å²) in [6, 6.07) is 0. The lowest BCUT2D eigenvalue weighted by Crippen LogP contribution is -2.49. The fourth-order valence-corrected chi connectivity index (χ4v) is 1.96. The van der Waals surface area contributed by atoms with E-state index in [2.05, 4.69) is 17.1 Å².